The van der Waals surface area contributed by atoms with Gasteiger partial charge in [-0.3, -0.25) is 9.59 Å². The Bertz CT molecular complexity index is 507. The number of hydrogen-bond donors (Lipinski definition) is 0. The lowest BCUT2D eigenvalue weighted by molar-refractivity contribution is -0.134. The summed E-state index contributed by atoms with van der Waals surface area (Å²) in [5.41, 5.74) is 0. The number of nitrogens with zero attached hydrogens (tertiary/aromatic N) is 2. The van der Waals surface area contributed by atoms with Crippen molar-refractivity contribution in [3.8, 4) is 0 Å². The van der Waals surface area contributed by atoms with Crippen molar-refractivity contribution >= 4 is 23.6 Å². The second kappa shape index (κ2) is 6.54. The number of hydrogen-bond acceptors (Lipinski definition) is 3. The van der Waals surface area contributed by atoms with Crippen LogP contribution in [0.3, 0.4) is 0 Å². The molecule has 0 N–H and O–H groups in total. The van der Waals surface area contributed by atoms with Crippen molar-refractivity contribution < 1.29 is 9.59 Å². The van der Waals surface area contributed by atoms with Crippen LogP contribution in [0.25, 0.3) is 0 Å². The van der Waals surface area contributed by atoms with Crippen molar-refractivity contribution in [3.05, 3.63) is 0 Å². The third-order valence-corrected chi connectivity index (χ3v) is 7.80. The molecule has 5 atom stereocenters. The molecule has 4 fully saturated rings. The summed E-state index contributed by atoms with van der Waals surface area (Å²) in [6.07, 6.45) is 5.06. The van der Waals surface area contributed by atoms with Gasteiger partial charge in [0.1, 0.15) is 0 Å². The lowest BCUT2D eigenvalue weighted by Crippen LogP contribution is -2.39. The zero-order valence-electron chi connectivity index (χ0n) is 14.9. The first-order valence-corrected chi connectivity index (χ1v) is 10.8. The van der Waals surface area contributed by atoms with Crippen LogP contribution in [-0.4, -0.2) is 58.8 Å². The van der Waals surface area contributed by atoms with Gasteiger partial charge in [0.25, 0.3) is 0 Å². The molecule has 0 aromatic rings. The molecule has 0 aromatic heterocycles. The van der Waals surface area contributed by atoms with Crippen molar-refractivity contribution in [2.45, 2.75) is 44.8 Å². The Labute approximate surface area is 149 Å². The van der Waals surface area contributed by atoms with Gasteiger partial charge in [-0.15, -0.1) is 11.8 Å². The van der Waals surface area contributed by atoms with Gasteiger partial charge in [0.05, 0.1) is 5.75 Å². The van der Waals surface area contributed by atoms with Gasteiger partial charge < -0.3 is 9.80 Å². The Balaban J connectivity index is 1.29. The van der Waals surface area contributed by atoms with E-state index < -0.39 is 0 Å². The molecule has 0 aromatic carbocycles. The third-order valence-electron chi connectivity index (χ3n) is 6.72. The highest BCUT2D eigenvalue weighted by Gasteiger charge is 2.67. The van der Waals surface area contributed by atoms with E-state index in [2.05, 4.69) is 18.7 Å². The fraction of sp³-hybridized carbons (Fsp3) is 0.895. The van der Waals surface area contributed by atoms with Crippen molar-refractivity contribution in [3.63, 3.8) is 0 Å². The summed E-state index contributed by atoms with van der Waals surface area (Å²) in [5.74, 6) is 4.71. The van der Waals surface area contributed by atoms with Gasteiger partial charge in [0, 0.05) is 32.1 Å². The first-order valence-electron chi connectivity index (χ1n) is 9.74. The monoisotopic (exact) mass is 350 g/mol. The zero-order valence-corrected chi connectivity index (χ0v) is 15.8. The quantitative estimate of drug-likeness (QED) is 0.782. The van der Waals surface area contributed by atoms with Crippen molar-refractivity contribution in [2.24, 2.45) is 29.6 Å². The van der Waals surface area contributed by atoms with Gasteiger partial charge in [-0.05, 0) is 54.6 Å². The highest BCUT2D eigenvalue weighted by molar-refractivity contribution is 8.00. The molecule has 134 valence electrons. The van der Waals surface area contributed by atoms with Crippen LogP contribution in [0.2, 0.25) is 0 Å². The predicted octanol–water partition coefficient (Wildman–Crippen LogP) is 2.48. The van der Waals surface area contributed by atoms with Gasteiger partial charge in [-0.25, -0.2) is 0 Å². The molecule has 5 heteroatoms. The third kappa shape index (κ3) is 2.97. The smallest absolute Gasteiger partial charge is 0.232 e. The minimum atomic E-state index is 0.240. The summed E-state index contributed by atoms with van der Waals surface area (Å²) in [5, 5.41) is 0.489. The normalized spacial score (nSPS) is 37.5. The predicted molar refractivity (Wildman–Crippen MR) is 96.7 cm³/mol. The average Bonchev–Trinajstić information content (AvgIpc) is 3.13. The fourth-order valence-corrected chi connectivity index (χ4v) is 6.24. The molecule has 1 saturated heterocycles. The van der Waals surface area contributed by atoms with Gasteiger partial charge in [0.2, 0.25) is 11.8 Å². The van der Waals surface area contributed by atoms with Crippen molar-refractivity contribution in [1.82, 2.24) is 9.80 Å². The molecule has 1 unspecified atom stereocenters. The Morgan fingerprint density at radius 1 is 1.00 bits per heavy atom. The lowest BCUT2D eigenvalue weighted by atomic mass is 10.0. The number of rotatable bonds is 4. The molecule has 3 saturated carbocycles. The molecule has 4 nitrogen and oxygen atoms in total. The molecular formula is C19H30N2O2S. The molecule has 24 heavy (non-hydrogen) atoms. The Hall–Kier alpha value is -0.710. The maximum absolute atomic E-state index is 13.0. The molecule has 2 amide bonds. The average molecular weight is 351 g/mol. The first-order chi connectivity index (χ1) is 11.6. The Morgan fingerprint density at radius 3 is 2.29 bits per heavy atom. The summed E-state index contributed by atoms with van der Waals surface area (Å²) in [7, 11) is 0. The van der Waals surface area contributed by atoms with Gasteiger partial charge in [0.15, 0.2) is 0 Å². The van der Waals surface area contributed by atoms with Crippen LogP contribution in [0.4, 0.5) is 0 Å². The summed E-state index contributed by atoms with van der Waals surface area (Å²) in [6.45, 7) is 7.36. The Kier molecular flexibility index (Phi) is 4.57. The lowest BCUT2D eigenvalue weighted by Gasteiger charge is -2.23. The van der Waals surface area contributed by atoms with Crippen LogP contribution in [0.15, 0.2) is 0 Å². The van der Waals surface area contributed by atoms with E-state index >= 15 is 0 Å². The topological polar surface area (TPSA) is 40.6 Å². The fourth-order valence-electron chi connectivity index (χ4n) is 5.58. The minimum Gasteiger partial charge on any atom is -0.341 e. The number of thioether (sulfide) groups is 1. The maximum Gasteiger partial charge on any atom is 0.232 e. The summed E-state index contributed by atoms with van der Waals surface area (Å²) < 4.78 is 0. The number of fused-ring (bicyclic) bond motifs is 5. The molecule has 4 aliphatic rings. The zero-order chi connectivity index (χ0) is 16.8. The number of carbonyl (C=O) groups excluding carboxylic acids is 2. The molecule has 2 bridgehead atoms. The van der Waals surface area contributed by atoms with Crippen LogP contribution >= 0.6 is 11.8 Å². The van der Waals surface area contributed by atoms with E-state index in [1.54, 1.807) is 11.8 Å². The second-order valence-corrected chi connectivity index (χ2v) is 10.00. The van der Waals surface area contributed by atoms with E-state index in [1.165, 1.54) is 19.3 Å². The molecule has 1 heterocycles. The molecule has 4 rings (SSSR count). The van der Waals surface area contributed by atoms with E-state index in [0.29, 0.717) is 22.8 Å². The largest absolute Gasteiger partial charge is 0.341 e. The van der Waals surface area contributed by atoms with Crippen molar-refractivity contribution in [1.29, 1.82) is 0 Å². The van der Waals surface area contributed by atoms with E-state index in [0.717, 1.165) is 56.3 Å². The SMILES string of the molecule is CC(C)SCC(=O)N1CCCN(C(=O)C2[C@@H]3[C@H]4CC[C@H](C4)[C@H]23)CC1. The van der Waals surface area contributed by atoms with E-state index in [1.807, 2.05) is 4.90 Å². The first kappa shape index (κ1) is 16.7. The van der Waals surface area contributed by atoms with Crippen molar-refractivity contribution in [2.75, 3.05) is 31.9 Å². The summed E-state index contributed by atoms with van der Waals surface area (Å²) >= 11 is 1.71. The van der Waals surface area contributed by atoms with Crippen LogP contribution in [0.5, 0.6) is 0 Å². The molecule has 0 radical (unpaired) electrons. The summed E-state index contributed by atoms with van der Waals surface area (Å²) in [4.78, 5) is 29.3. The van der Waals surface area contributed by atoms with Crippen LogP contribution in [0, 0.1) is 29.6 Å². The number of amides is 2. The second-order valence-electron chi connectivity index (χ2n) is 8.43. The van der Waals surface area contributed by atoms with Crippen LogP contribution in [-0.2, 0) is 9.59 Å². The number of carbonyl (C=O) groups is 2. The maximum atomic E-state index is 13.0. The standard InChI is InChI=1S/C19H30N2O2S/c1-12(2)24-11-15(22)20-6-3-7-21(9-8-20)19(23)18-16-13-4-5-14(10-13)17(16)18/h12-14,16-18H,3-11H2,1-2H3/t13-,14+,16+,17-,18?. The van der Waals surface area contributed by atoms with Gasteiger partial charge >= 0.3 is 0 Å². The van der Waals surface area contributed by atoms with E-state index in [4.69, 9.17) is 0 Å². The van der Waals surface area contributed by atoms with Gasteiger partial charge in [-0.2, -0.15) is 0 Å². The van der Waals surface area contributed by atoms with E-state index in [9.17, 15) is 9.59 Å². The molecule has 0 spiro atoms. The van der Waals surface area contributed by atoms with E-state index in [-0.39, 0.29) is 5.91 Å². The molecule has 1 aliphatic heterocycles. The van der Waals surface area contributed by atoms with Gasteiger partial charge in [-0.1, -0.05) is 13.8 Å². The van der Waals surface area contributed by atoms with Crippen LogP contribution < -0.4 is 0 Å². The highest BCUT2D eigenvalue weighted by Crippen LogP contribution is 2.69. The molecule has 3 aliphatic carbocycles. The molecular weight excluding hydrogens is 320 g/mol. The Morgan fingerprint density at radius 2 is 1.62 bits per heavy atom. The highest BCUT2D eigenvalue weighted by atomic mass is 32.2. The van der Waals surface area contributed by atoms with Crippen LogP contribution in [0.1, 0.15) is 39.5 Å². The minimum absolute atomic E-state index is 0.240. The summed E-state index contributed by atoms with van der Waals surface area (Å²) in [6, 6.07) is 0.